The Morgan fingerprint density at radius 3 is 2.36 bits per heavy atom. The molecular weight excluding hydrogens is 326 g/mol. The zero-order valence-corrected chi connectivity index (χ0v) is 14.5. The number of nitrogens with one attached hydrogen (secondary N) is 1. The Morgan fingerprint density at radius 1 is 1.27 bits per heavy atom. The van der Waals surface area contributed by atoms with Crippen molar-refractivity contribution in [1.82, 2.24) is 5.32 Å². The number of carbonyl (C=O) groups excluding carboxylic acids is 1. The highest BCUT2D eigenvalue weighted by molar-refractivity contribution is 7.98. The predicted octanol–water partition coefficient (Wildman–Crippen LogP) is 3.32. The van der Waals surface area contributed by atoms with Gasteiger partial charge in [-0.15, -0.1) is 12.4 Å². The summed E-state index contributed by atoms with van der Waals surface area (Å²) in [6.07, 6.45) is -0.713. The van der Waals surface area contributed by atoms with E-state index in [1.807, 2.05) is 30.3 Å². The van der Waals surface area contributed by atoms with E-state index in [4.69, 9.17) is 9.84 Å². The van der Waals surface area contributed by atoms with Crippen LogP contribution < -0.4 is 5.32 Å². The lowest BCUT2D eigenvalue weighted by molar-refractivity contribution is -0.138. The standard InChI is InChI=1S/C15H21NO4S.ClH/c1-15(2,3)20-14(19)16-12(13(17)18)10-21-9-11-7-5-4-6-8-11;/h4-8,12H,9-10H2,1-3H3,(H,16,19)(H,17,18);1H. The van der Waals surface area contributed by atoms with Gasteiger partial charge >= 0.3 is 12.1 Å². The van der Waals surface area contributed by atoms with Gasteiger partial charge in [-0.05, 0) is 26.3 Å². The average Bonchev–Trinajstić information content (AvgIpc) is 2.36. The number of halogens is 1. The van der Waals surface area contributed by atoms with Crippen LogP contribution in [0.5, 0.6) is 0 Å². The second-order valence-electron chi connectivity index (χ2n) is 5.54. The molecule has 0 aliphatic heterocycles. The Kier molecular flexibility index (Phi) is 8.97. The maximum absolute atomic E-state index is 11.6. The van der Waals surface area contributed by atoms with Gasteiger partial charge in [0.15, 0.2) is 0 Å². The number of aliphatic carboxylic acids is 1. The molecule has 5 nitrogen and oxygen atoms in total. The highest BCUT2D eigenvalue weighted by Gasteiger charge is 2.23. The summed E-state index contributed by atoms with van der Waals surface area (Å²) >= 11 is 1.45. The second kappa shape index (κ2) is 9.58. The van der Waals surface area contributed by atoms with Gasteiger partial charge in [-0.3, -0.25) is 0 Å². The molecule has 0 aliphatic carbocycles. The van der Waals surface area contributed by atoms with Crippen molar-refractivity contribution in [2.45, 2.75) is 38.2 Å². The molecule has 7 heteroatoms. The number of thioether (sulfide) groups is 1. The number of hydrogen-bond donors (Lipinski definition) is 2. The maximum atomic E-state index is 11.6. The average molecular weight is 348 g/mol. The topological polar surface area (TPSA) is 75.6 Å². The molecule has 22 heavy (non-hydrogen) atoms. The smallest absolute Gasteiger partial charge is 0.408 e. The van der Waals surface area contributed by atoms with E-state index in [9.17, 15) is 9.59 Å². The fraction of sp³-hybridized carbons (Fsp3) is 0.467. The van der Waals surface area contributed by atoms with Gasteiger partial charge in [0.25, 0.3) is 0 Å². The summed E-state index contributed by atoms with van der Waals surface area (Å²) in [6.45, 7) is 5.19. The molecule has 0 saturated heterocycles. The second-order valence-corrected chi connectivity index (χ2v) is 6.57. The molecule has 0 aromatic heterocycles. The van der Waals surface area contributed by atoms with E-state index in [1.165, 1.54) is 11.8 Å². The zero-order chi connectivity index (χ0) is 15.9. The van der Waals surface area contributed by atoms with Crippen molar-refractivity contribution in [2.24, 2.45) is 0 Å². The molecule has 0 heterocycles. The Balaban J connectivity index is 0.00000441. The highest BCUT2D eigenvalue weighted by Crippen LogP contribution is 2.13. The van der Waals surface area contributed by atoms with Gasteiger partial charge < -0.3 is 15.2 Å². The van der Waals surface area contributed by atoms with Gasteiger partial charge in [0.1, 0.15) is 11.6 Å². The van der Waals surface area contributed by atoms with Gasteiger partial charge in [-0.25, -0.2) is 9.59 Å². The molecule has 1 amide bonds. The quantitative estimate of drug-likeness (QED) is 0.825. The van der Waals surface area contributed by atoms with Crippen LogP contribution in [0.25, 0.3) is 0 Å². The van der Waals surface area contributed by atoms with Crippen molar-refractivity contribution < 1.29 is 19.4 Å². The number of benzene rings is 1. The molecule has 1 aromatic carbocycles. The lowest BCUT2D eigenvalue weighted by atomic mass is 10.2. The van der Waals surface area contributed by atoms with E-state index in [0.717, 1.165) is 5.56 Å². The van der Waals surface area contributed by atoms with Crippen molar-refractivity contribution in [2.75, 3.05) is 5.75 Å². The number of ether oxygens (including phenoxy) is 1. The molecule has 1 atom stereocenters. The zero-order valence-electron chi connectivity index (χ0n) is 12.9. The number of rotatable bonds is 6. The third-order valence-electron chi connectivity index (χ3n) is 2.39. The molecule has 124 valence electrons. The largest absolute Gasteiger partial charge is 0.480 e. The van der Waals surface area contributed by atoms with Crippen LogP contribution in [0.2, 0.25) is 0 Å². The first kappa shape index (κ1) is 20.6. The summed E-state index contributed by atoms with van der Waals surface area (Å²) in [4.78, 5) is 22.8. The molecule has 1 aromatic rings. The summed E-state index contributed by atoms with van der Waals surface area (Å²) in [5.74, 6) is -0.0919. The first-order chi connectivity index (χ1) is 9.78. The molecule has 0 spiro atoms. The van der Waals surface area contributed by atoms with Crippen LogP contribution in [-0.4, -0.2) is 34.6 Å². The van der Waals surface area contributed by atoms with Crippen LogP contribution >= 0.6 is 24.2 Å². The fourth-order valence-corrected chi connectivity index (χ4v) is 2.50. The van der Waals surface area contributed by atoms with Gasteiger partial charge in [0.05, 0.1) is 0 Å². The molecule has 0 radical (unpaired) electrons. The first-order valence-corrected chi connectivity index (χ1v) is 7.77. The van der Waals surface area contributed by atoms with Crippen molar-refractivity contribution >= 4 is 36.2 Å². The Labute approximate surface area is 141 Å². The number of hydrogen-bond acceptors (Lipinski definition) is 4. The lowest BCUT2D eigenvalue weighted by Gasteiger charge is -2.21. The minimum Gasteiger partial charge on any atom is -0.480 e. The van der Waals surface area contributed by atoms with Crippen molar-refractivity contribution in [1.29, 1.82) is 0 Å². The number of carbonyl (C=O) groups is 2. The van der Waals surface area contributed by atoms with Gasteiger partial charge in [-0.2, -0.15) is 11.8 Å². The van der Waals surface area contributed by atoms with Crippen molar-refractivity contribution in [3.05, 3.63) is 35.9 Å². The summed E-state index contributed by atoms with van der Waals surface area (Å²) in [7, 11) is 0. The minimum atomic E-state index is -1.07. The molecule has 1 unspecified atom stereocenters. The highest BCUT2D eigenvalue weighted by atomic mass is 35.5. The van der Waals surface area contributed by atoms with Crippen LogP contribution in [0.15, 0.2) is 30.3 Å². The van der Waals surface area contributed by atoms with Gasteiger partial charge in [-0.1, -0.05) is 30.3 Å². The van der Waals surface area contributed by atoms with E-state index in [0.29, 0.717) is 5.75 Å². The molecule has 2 N–H and O–H groups in total. The van der Waals surface area contributed by atoms with Crippen LogP contribution in [0, 0.1) is 0 Å². The monoisotopic (exact) mass is 347 g/mol. The van der Waals surface area contributed by atoms with E-state index in [1.54, 1.807) is 20.8 Å². The Bertz CT molecular complexity index is 476. The first-order valence-electron chi connectivity index (χ1n) is 6.62. The molecule has 1 rings (SSSR count). The minimum absolute atomic E-state index is 0. The summed E-state index contributed by atoms with van der Waals surface area (Å²) in [5, 5.41) is 11.5. The van der Waals surface area contributed by atoms with E-state index >= 15 is 0 Å². The van der Waals surface area contributed by atoms with Crippen LogP contribution in [-0.2, 0) is 15.3 Å². The predicted molar refractivity (Wildman–Crippen MR) is 90.6 cm³/mol. The van der Waals surface area contributed by atoms with E-state index in [-0.39, 0.29) is 18.2 Å². The molecule has 0 bridgehead atoms. The fourth-order valence-electron chi connectivity index (χ4n) is 1.49. The summed E-state index contributed by atoms with van der Waals surface area (Å²) in [5.41, 5.74) is 0.466. The van der Waals surface area contributed by atoms with E-state index in [2.05, 4.69) is 5.32 Å². The molecule has 0 aliphatic rings. The number of amides is 1. The molecular formula is C15H22ClNO4S. The Morgan fingerprint density at radius 2 is 1.86 bits per heavy atom. The number of alkyl carbamates (subject to hydrolysis) is 1. The number of carboxylic acids is 1. The van der Waals surface area contributed by atoms with Gasteiger partial charge in [0.2, 0.25) is 0 Å². The lowest BCUT2D eigenvalue weighted by Crippen LogP contribution is -2.44. The summed E-state index contributed by atoms with van der Waals surface area (Å²) < 4.78 is 5.06. The van der Waals surface area contributed by atoms with Crippen molar-refractivity contribution in [3.63, 3.8) is 0 Å². The van der Waals surface area contributed by atoms with Crippen LogP contribution in [0.1, 0.15) is 26.3 Å². The third kappa shape index (κ3) is 8.79. The van der Waals surface area contributed by atoms with Crippen LogP contribution in [0.4, 0.5) is 4.79 Å². The van der Waals surface area contributed by atoms with Gasteiger partial charge in [0, 0.05) is 11.5 Å². The third-order valence-corrected chi connectivity index (χ3v) is 3.49. The molecule has 0 saturated carbocycles. The van der Waals surface area contributed by atoms with Crippen molar-refractivity contribution in [3.8, 4) is 0 Å². The number of carboxylic acid groups (broad SMARTS) is 1. The normalized spacial score (nSPS) is 12.0. The van der Waals surface area contributed by atoms with E-state index < -0.39 is 23.7 Å². The SMILES string of the molecule is CC(C)(C)OC(=O)NC(CSCc1ccccc1)C(=O)O.Cl. The Hall–Kier alpha value is -1.40. The molecule has 0 fully saturated rings. The van der Waals surface area contributed by atoms with Crippen LogP contribution in [0.3, 0.4) is 0 Å². The summed E-state index contributed by atoms with van der Waals surface area (Å²) in [6, 6.07) is 8.79. The maximum Gasteiger partial charge on any atom is 0.408 e.